The van der Waals surface area contributed by atoms with Crippen molar-refractivity contribution >= 4 is 21.8 Å². The molecule has 4 heteroatoms. The van der Waals surface area contributed by atoms with Crippen LogP contribution in [0.2, 0.25) is 0 Å². The summed E-state index contributed by atoms with van der Waals surface area (Å²) in [4.78, 5) is 12.4. The summed E-state index contributed by atoms with van der Waals surface area (Å²) in [6, 6.07) is 8.23. The molecule has 1 aliphatic rings. The second-order valence-corrected chi connectivity index (χ2v) is 6.60. The van der Waals surface area contributed by atoms with Gasteiger partial charge in [-0.05, 0) is 42.9 Å². The highest BCUT2D eigenvalue weighted by Gasteiger charge is 2.45. The average Bonchev–Trinajstić information content (AvgIpc) is 3.25. The summed E-state index contributed by atoms with van der Waals surface area (Å²) in [5.41, 5.74) is 6.85. The zero-order valence-electron chi connectivity index (χ0n) is 12.2. The second kappa shape index (κ2) is 6.27. The number of nitrogens with one attached hydrogen (secondary N) is 1. The van der Waals surface area contributed by atoms with E-state index in [4.69, 9.17) is 5.73 Å². The monoisotopic (exact) mass is 338 g/mol. The molecule has 1 saturated carbocycles. The quantitative estimate of drug-likeness (QED) is 0.836. The van der Waals surface area contributed by atoms with Gasteiger partial charge in [0.2, 0.25) is 5.91 Å². The van der Waals surface area contributed by atoms with Crippen molar-refractivity contribution in [2.45, 2.75) is 44.6 Å². The lowest BCUT2D eigenvalue weighted by Gasteiger charge is -2.31. The molecule has 0 spiro atoms. The van der Waals surface area contributed by atoms with Crippen LogP contribution < -0.4 is 11.1 Å². The third-order valence-corrected chi connectivity index (χ3v) is 5.03. The lowest BCUT2D eigenvalue weighted by atomic mass is 9.92. The summed E-state index contributed by atoms with van der Waals surface area (Å²) in [7, 11) is 0. The highest BCUT2D eigenvalue weighted by Crippen LogP contribution is 2.48. The van der Waals surface area contributed by atoms with Gasteiger partial charge in [-0.2, -0.15) is 0 Å². The van der Waals surface area contributed by atoms with E-state index in [1.807, 2.05) is 12.1 Å². The van der Waals surface area contributed by atoms with Gasteiger partial charge >= 0.3 is 0 Å². The highest BCUT2D eigenvalue weighted by atomic mass is 79.9. The largest absolute Gasteiger partial charge is 0.349 e. The first-order chi connectivity index (χ1) is 9.55. The molecule has 3 N–H and O–H groups in total. The second-order valence-electron chi connectivity index (χ2n) is 5.68. The molecule has 1 amide bonds. The van der Waals surface area contributed by atoms with Crippen LogP contribution in [-0.4, -0.2) is 18.0 Å². The molecule has 1 aliphatic carbocycles. The van der Waals surface area contributed by atoms with E-state index in [2.05, 4.69) is 47.2 Å². The minimum absolute atomic E-state index is 0.105. The van der Waals surface area contributed by atoms with Crippen molar-refractivity contribution in [2.75, 3.05) is 6.54 Å². The number of benzene rings is 1. The Balaban J connectivity index is 1.99. The zero-order chi connectivity index (χ0) is 14.8. The van der Waals surface area contributed by atoms with Crippen molar-refractivity contribution in [1.82, 2.24) is 5.32 Å². The summed E-state index contributed by atoms with van der Waals surface area (Å²) >= 11 is 3.48. The Morgan fingerprint density at radius 1 is 1.45 bits per heavy atom. The summed E-state index contributed by atoms with van der Waals surface area (Å²) in [5.74, 6) is 0.620. The summed E-state index contributed by atoms with van der Waals surface area (Å²) in [5, 5.41) is 3.18. The molecule has 1 fully saturated rings. The van der Waals surface area contributed by atoms with Gasteiger partial charge in [0.1, 0.15) is 0 Å². The van der Waals surface area contributed by atoms with E-state index >= 15 is 0 Å². The molecule has 2 rings (SSSR count). The highest BCUT2D eigenvalue weighted by molar-refractivity contribution is 9.10. The fourth-order valence-corrected chi connectivity index (χ4v) is 3.13. The lowest BCUT2D eigenvalue weighted by Crippen LogP contribution is -2.53. The molecule has 0 heterocycles. The van der Waals surface area contributed by atoms with Gasteiger partial charge in [-0.1, -0.05) is 41.9 Å². The molecule has 1 aromatic rings. The number of carbonyl (C=O) groups is 1. The molecule has 0 saturated heterocycles. The maximum Gasteiger partial charge on any atom is 0.224 e. The third kappa shape index (κ3) is 3.23. The van der Waals surface area contributed by atoms with E-state index in [1.165, 1.54) is 5.56 Å². The van der Waals surface area contributed by atoms with Crippen LogP contribution in [-0.2, 0) is 4.79 Å². The predicted molar refractivity (Wildman–Crippen MR) is 85.5 cm³/mol. The molecule has 0 aromatic heterocycles. The Kier molecular flexibility index (Phi) is 4.86. The first-order valence-corrected chi connectivity index (χ1v) is 8.12. The van der Waals surface area contributed by atoms with Crippen LogP contribution in [0, 0.1) is 5.92 Å². The van der Waals surface area contributed by atoms with Crippen LogP contribution in [0.3, 0.4) is 0 Å². The molecule has 20 heavy (non-hydrogen) atoms. The van der Waals surface area contributed by atoms with Crippen molar-refractivity contribution in [1.29, 1.82) is 0 Å². The van der Waals surface area contributed by atoms with Crippen LogP contribution in [0.5, 0.6) is 0 Å². The number of amides is 1. The first-order valence-electron chi connectivity index (χ1n) is 7.32. The Morgan fingerprint density at radius 3 is 2.70 bits per heavy atom. The maximum absolute atomic E-state index is 12.4. The number of halogens is 1. The Morgan fingerprint density at radius 2 is 2.15 bits per heavy atom. The molecule has 0 radical (unpaired) electrons. The molecule has 110 valence electrons. The fourth-order valence-electron chi connectivity index (χ4n) is 2.71. The van der Waals surface area contributed by atoms with Crippen LogP contribution in [0.4, 0.5) is 0 Å². The molecule has 0 aliphatic heterocycles. The van der Waals surface area contributed by atoms with Crippen LogP contribution in [0.15, 0.2) is 28.7 Å². The molecule has 2 unspecified atom stereocenters. The van der Waals surface area contributed by atoms with E-state index in [0.717, 1.165) is 23.7 Å². The minimum atomic E-state index is -0.235. The van der Waals surface area contributed by atoms with Crippen molar-refractivity contribution in [3.05, 3.63) is 34.3 Å². The van der Waals surface area contributed by atoms with Gasteiger partial charge in [0, 0.05) is 16.9 Å². The van der Waals surface area contributed by atoms with Gasteiger partial charge in [-0.25, -0.2) is 0 Å². The standard InChI is InChI=1S/C16H23BrN2O/c1-3-16(4-2,10-18)19-15(20)14-9-13(14)11-6-5-7-12(17)8-11/h5-8,13-14H,3-4,9-10,18H2,1-2H3,(H,19,20). The average molecular weight is 339 g/mol. The molecular weight excluding hydrogens is 316 g/mol. The van der Waals surface area contributed by atoms with Gasteiger partial charge < -0.3 is 11.1 Å². The summed E-state index contributed by atoms with van der Waals surface area (Å²) in [6.45, 7) is 4.66. The van der Waals surface area contributed by atoms with Crippen molar-refractivity contribution in [3.8, 4) is 0 Å². The SMILES string of the molecule is CCC(CC)(CN)NC(=O)C1CC1c1cccc(Br)c1. The molecule has 1 aromatic carbocycles. The van der Waals surface area contributed by atoms with Gasteiger partial charge in [-0.3, -0.25) is 4.79 Å². The normalized spacial score (nSPS) is 21.6. The fraction of sp³-hybridized carbons (Fsp3) is 0.562. The smallest absolute Gasteiger partial charge is 0.224 e. The number of rotatable bonds is 6. The van der Waals surface area contributed by atoms with Crippen LogP contribution >= 0.6 is 15.9 Å². The molecular formula is C16H23BrN2O. The van der Waals surface area contributed by atoms with Gasteiger partial charge in [-0.15, -0.1) is 0 Å². The third-order valence-electron chi connectivity index (χ3n) is 4.54. The summed E-state index contributed by atoms with van der Waals surface area (Å²) in [6.07, 6.45) is 2.69. The van der Waals surface area contributed by atoms with Gasteiger partial charge in [0.05, 0.1) is 5.54 Å². The van der Waals surface area contributed by atoms with E-state index in [-0.39, 0.29) is 17.4 Å². The Hall–Kier alpha value is -0.870. The zero-order valence-corrected chi connectivity index (χ0v) is 13.7. The number of carbonyl (C=O) groups excluding carboxylic acids is 1. The molecule has 2 atom stereocenters. The van der Waals surface area contributed by atoms with Crippen molar-refractivity contribution < 1.29 is 4.79 Å². The maximum atomic E-state index is 12.4. The number of hydrogen-bond acceptors (Lipinski definition) is 2. The van der Waals surface area contributed by atoms with Gasteiger partial charge in [0.15, 0.2) is 0 Å². The molecule has 3 nitrogen and oxygen atoms in total. The predicted octanol–water partition coefficient (Wildman–Crippen LogP) is 3.19. The first kappa shape index (κ1) is 15.5. The topological polar surface area (TPSA) is 55.1 Å². The number of nitrogens with two attached hydrogens (primary N) is 1. The van der Waals surface area contributed by atoms with E-state index in [9.17, 15) is 4.79 Å². The lowest BCUT2D eigenvalue weighted by molar-refractivity contribution is -0.124. The van der Waals surface area contributed by atoms with Crippen LogP contribution in [0.25, 0.3) is 0 Å². The molecule has 0 bridgehead atoms. The van der Waals surface area contributed by atoms with Gasteiger partial charge in [0.25, 0.3) is 0 Å². The Bertz CT molecular complexity index is 477. The van der Waals surface area contributed by atoms with Crippen molar-refractivity contribution in [3.63, 3.8) is 0 Å². The minimum Gasteiger partial charge on any atom is -0.349 e. The number of hydrogen-bond donors (Lipinski definition) is 2. The van der Waals surface area contributed by atoms with Crippen molar-refractivity contribution in [2.24, 2.45) is 11.7 Å². The van der Waals surface area contributed by atoms with E-state index in [0.29, 0.717) is 12.5 Å². The summed E-state index contributed by atoms with van der Waals surface area (Å²) < 4.78 is 1.07. The van der Waals surface area contributed by atoms with Crippen LogP contribution in [0.1, 0.15) is 44.6 Å². The Labute approximate surface area is 129 Å². The van der Waals surface area contributed by atoms with E-state index < -0.39 is 0 Å². The van der Waals surface area contributed by atoms with E-state index in [1.54, 1.807) is 0 Å².